The van der Waals surface area contributed by atoms with E-state index in [4.69, 9.17) is 5.73 Å². The quantitative estimate of drug-likeness (QED) is 0.805. The standard InChI is InChI=1S/C15H24N2O/c1-15(18)8-4-10-17(12-9-15)11-7-13-5-2-3-6-14(13)16/h2-3,5-6,18H,4,7-12,16H2,1H3. The molecule has 1 saturated heterocycles. The van der Waals surface area contributed by atoms with E-state index in [0.29, 0.717) is 0 Å². The number of nitrogens with zero attached hydrogens (tertiary/aromatic N) is 1. The Bertz CT molecular complexity index is 390. The predicted octanol–water partition coefficient (Wildman–Crippen LogP) is 2.05. The zero-order valence-corrected chi connectivity index (χ0v) is 11.2. The number of nitrogen functional groups attached to an aromatic ring is 1. The van der Waals surface area contributed by atoms with Crippen LogP contribution >= 0.6 is 0 Å². The van der Waals surface area contributed by atoms with E-state index in [2.05, 4.69) is 11.0 Å². The van der Waals surface area contributed by atoms with Gasteiger partial charge in [-0.25, -0.2) is 0 Å². The first-order chi connectivity index (χ1) is 8.57. The summed E-state index contributed by atoms with van der Waals surface area (Å²) in [5.41, 5.74) is 7.60. The molecule has 1 heterocycles. The highest BCUT2D eigenvalue weighted by Crippen LogP contribution is 2.21. The maximum absolute atomic E-state index is 10.1. The van der Waals surface area contributed by atoms with Crippen LogP contribution in [0.25, 0.3) is 0 Å². The Morgan fingerprint density at radius 2 is 2.06 bits per heavy atom. The van der Waals surface area contributed by atoms with Crippen LogP contribution in [0.2, 0.25) is 0 Å². The van der Waals surface area contributed by atoms with Gasteiger partial charge in [-0.2, -0.15) is 0 Å². The number of nitrogens with two attached hydrogens (primary N) is 1. The van der Waals surface area contributed by atoms with Gasteiger partial charge in [0.15, 0.2) is 0 Å². The summed E-state index contributed by atoms with van der Waals surface area (Å²) in [5, 5.41) is 10.1. The summed E-state index contributed by atoms with van der Waals surface area (Å²) >= 11 is 0. The minimum atomic E-state index is -0.472. The van der Waals surface area contributed by atoms with Crippen molar-refractivity contribution < 1.29 is 5.11 Å². The average Bonchev–Trinajstić information content (AvgIpc) is 2.50. The van der Waals surface area contributed by atoms with E-state index in [1.165, 1.54) is 5.56 Å². The lowest BCUT2D eigenvalue weighted by molar-refractivity contribution is 0.0447. The van der Waals surface area contributed by atoms with Crippen molar-refractivity contribution >= 4 is 5.69 Å². The molecule has 1 aliphatic heterocycles. The Morgan fingerprint density at radius 1 is 1.28 bits per heavy atom. The summed E-state index contributed by atoms with van der Waals surface area (Å²) in [4.78, 5) is 2.44. The summed E-state index contributed by atoms with van der Waals surface area (Å²) in [7, 11) is 0. The molecule has 2 rings (SSSR count). The van der Waals surface area contributed by atoms with Crippen LogP contribution in [0.5, 0.6) is 0 Å². The van der Waals surface area contributed by atoms with Crippen LogP contribution in [0, 0.1) is 0 Å². The van der Waals surface area contributed by atoms with Crippen molar-refractivity contribution in [3.63, 3.8) is 0 Å². The van der Waals surface area contributed by atoms with Gasteiger partial charge in [0.05, 0.1) is 5.60 Å². The molecule has 1 aromatic carbocycles. The highest BCUT2D eigenvalue weighted by Gasteiger charge is 2.24. The van der Waals surface area contributed by atoms with Crippen molar-refractivity contribution in [1.29, 1.82) is 0 Å². The van der Waals surface area contributed by atoms with Crippen LogP contribution in [0.4, 0.5) is 5.69 Å². The minimum Gasteiger partial charge on any atom is -0.399 e. The fourth-order valence-electron chi connectivity index (χ4n) is 2.58. The van der Waals surface area contributed by atoms with Crippen molar-refractivity contribution in [2.24, 2.45) is 0 Å². The number of rotatable bonds is 3. The van der Waals surface area contributed by atoms with Crippen LogP contribution in [0.1, 0.15) is 31.7 Å². The van der Waals surface area contributed by atoms with E-state index in [-0.39, 0.29) is 0 Å². The van der Waals surface area contributed by atoms with Gasteiger partial charge in [0, 0.05) is 18.8 Å². The number of hydrogen-bond donors (Lipinski definition) is 2. The van der Waals surface area contributed by atoms with Gasteiger partial charge in [0.1, 0.15) is 0 Å². The lowest BCUT2D eigenvalue weighted by Crippen LogP contribution is -2.30. The molecule has 1 atom stereocenters. The molecule has 0 spiro atoms. The van der Waals surface area contributed by atoms with E-state index in [1.807, 2.05) is 25.1 Å². The second-order valence-electron chi connectivity index (χ2n) is 5.64. The van der Waals surface area contributed by atoms with E-state index >= 15 is 0 Å². The smallest absolute Gasteiger partial charge is 0.0632 e. The summed E-state index contributed by atoms with van der Waals surface area (Å²) < 4.78 is 0. The number of likely N-dealkylation sites (tertiary alicyclic amines) is 1. The maximum Gasteiger partial charge on any atom is 0.0632 e. The predicted molar refractivity (Wildman–Crippen MR) is 75.5 cm³/mol. The number of anilines is 1. The summed E-state index contributed by atoms with van der Waals surface area (Å²) in [6.45, 7) is 5.05. The molecule has 1 fully saturated rings. The Kier molecular flexibility index (Phi) is 4.25. The molecule has 3 heteroatoms. The lowest BCUT2D eigenvalue weighted by Gasteiger charge is -2.22. The Balaban J connectivity index is 1.85. The summed E-state index contributed by atoms with van der Waals surface area (Å²) in [6, 6.07) is 8.08. The normalized spacial score (nSPS) is 25.9. The van der Waals surface area contributed by atoms with Crippen LogP contribution in [-0.2, 0) is 6.42 Å². The zero-order chi connectivity index (χ0) is 13.0. The fourth-order valence-corrected chi connectivity index (χ4v) is 2.58. The van der Waals surface area contributed by atoms with Gasteiger partial charge >= 0.3 is 0 Å². The minimum absolute atomic E-state index is 0.472. The zero-order valence-electron chi connectivity index (χ0n) is 11.2. The van der Waals surface area contributed by atoms with Crippen molar-refractivity contribution in [2.45, 2.75) is 38.2 Å². The third-order valence-corrected chi connectivity index (χ3v) is 3.91. The van der Waals surface area contributed by atoms with E-state index < -0.39 is 5.60 Å². The molecule has 3 nitrogen and oxygen atoms in total. The van der Waals surface area contributed by atoms with E-state index in [9.17, 15) is 5.11 Å². The Labute approximate surface area is 110 Å². The van der Waals surface area contributed by atoms with Gasteiger partial charge < -0.3 is 15.7 Å². The van der Waals surface area contributed by atoms with E-state index in [1.54, 1.807) is 0 Å². The second kappa shape index (κ2) is 5.72. The first-order valence-corrected chi connectivity index (χ1v) is 6.85. The molecule has 0 saturated carbocycles. The lowest BCUT2D eigenvalue weighted by atomic mass is 9.98. The molecule has 100 valence electrons. The van der Waals surface area contributed by atoms with Crippen LogP contribution in [0.15, 0.2) is 24.3 Å². The SMILES string of the molecule is CC1(O)CCCN(CCc2ccccc2N)CC1. The van der Waals surface area contributed by atoms with Crippen molar-refractivity contribution in [3.05, 3.63) is 29.8 Å². The van der Waals surface area contributed by atoms with Gasteiger partial charge in [-0.05, 0) is 50.8 Å². The van der Waals surface area contributed by atoms with Gasteiger partial charge in [0.2, 0.25) is 0 Å². The Morgan fingerprint density at radius 3 is 2.83 bits per heavy atom. The Hall–Kier alpha value is -1.06. The molecule has 0 radical (unpaired) electrons. The topological polar surface area (TPSA) is 49.5 Å². The molecular formula is C15H24N2O. The summed E-state index contributed by atoms with van der Waals surface area (Å²) in [5.74, 6) is 0. The maximum atomic E-state index is 10.1. The molecule has 0 aliphatic carbocycles. The van der Waals surface area contributed by atoms with Gasteiger partial charge in [-0.1, -0.05) is 18.2 Å². The highest BCUT2D eigenvalue weighted by molar-refractivity contribution is 5.46. The molecule has 18 heavy (non-hydrogen) atoms. The van der Waals surface area contributed by atoms with Gasteiger partial charge in [-0.15, -0.1) is 0 Å². The molecule has 0 amide bonds. The second-order valence-corrected chi connectivity index (χ2v) is 5.64. The molecule has 1 aliphatic rings. The molecule has 0 bridgehead atoms. The van der Waals surface area contributed by atoms with Crippen molar-refractivity contribution in [2.75, 3.05) is 25.4 Å². The third kappa shape index (κ3) is 3.72. The van der Waals surface area contributed by atoms with Crippen LogP contribution in [0.3, 0.4) is 0 Å². The van der Waals surface area contributed by atoms with E-state index in [0.717, 1.165) is 51.0 Å². The summed E-state index contributed by atoms with van der Waals surface area (Å²) in [6.07, 6.45) is 3.86. The highest BCUT2D eigenvalue weighted by atomic mass is 16.3. The number of benzene rings is 1. The number of para-hydroxylation sites is 1. The first-order valence-electron chi connectivity index (χ1n) is 6.85. The monoisotopic (exact) mass is 248 g/mol. The molecule has 3 N–H and O–H groups in total. The molecule has 1 aromatic rings. The number of hydrogen-bond acceptors (Lipinski definition) is 3. The number of aliphatic hydroxyl groups is 1. The first kappa shape index (κ1) is 13.4. The molecule has 0 aromatic heterocycles. The van der Waals surface area contributed by atoms with Crippen molar-refractivity contribution in [3.8, 4) is 0 Å². The van der Waals surface area contributed by atoms with Crippen LogP contribution < -0.4 is 5.73 Å². The van der Waals surface area contributed by atoms with Crippen LogP contribution in [-0.4, -0.2) is 35.2 Å². The average molecular weight is 248 g/mol. The largest absolute Gasteiger partial charge is 0.399 e. The van der Waals surface area contributed by atoms with Gasteiger partial charge in [0.25, 0.3) is 0 Å². The molecule has 1 unspecified atom stereocenters. The van der Waals surface area contributed by atoms with Gasteiger partial charge in [-0.3, -0.25) is 0 Å². The third-order valence-electron chi connectivity index (χ3n) is 3.91. The fraction of sp³-hybridized carbons (Fsp3) is 0.600. The van der Waals surface area contributed by atoms with Crippen molar-refractivity contribution in [1.82, 2.24) is 4.90 Å². The molecular weight excluding hydrogens is 224 g/mol.